The molecule has 0 fully saturated rings. The van der Waals surface area contributed by atoms with E-state index in [9.17, 15) is 4.79 Å². The summed E-state index contributed by atoms with van der Waals surface area (Å²) in [5.41, 5.74) is 1.92. The highest BCUT2D eigenvalue weighted by molar-refractivity contribution is 6.06. The van der Waals surface area contributed by atoms with E-state index < -0.39 is 0 Å². The summed E-state index contributed by atoms with van der Waals surface area (Å²) < 4.78 is 7.56. The van der Waals surface area contributed by atoms with E-state index in [2.05, 4.69) is 25.7 Å². The number of rotatable bonds is 7. The van der Waals surface area contributed by atoms with Crippen LogP contribution in [0.15, 0.2) is 110 Å². The maximum absolute atomic E-state index is 12.9. The molecule has 0 saturated heterocycles. The minimum absolute atomic E-state index is 0.257. The Labute approximate surface area is 195 Å². The van der Waals surface area contributed by atoms with Gasteiger partial charge in [0.1, 0.15) is 23.6 Å². The van der Waals surface area contributed by atoms with E-state index in [-0.39, 0.29) is 5.91 Å². The average molecular weight is 448 g/mol. The van der Waals surface area contributed by atoms with Crippen molar-refractivity contribution in [2.24, 2.45) is 0 Å². The SMILES string of the molecule is O=C(Nc1ccc(Nc2cc(-n3cccn3)ncn2)cc1)c1ccccc1Oc1ccccc1. The zero-order valence-corrected chi connectivity index (χ0v) is 18.0. The summed E-state index contributed by atoms with van der Waals surface area (Å²) in [6.07, 6.45) is 4.98. The summed E-state index contributed by atoms with van der Waals surface area (Å²) in [6.45, 7) is 0. The number of nitrogens with one attached hydrogen (secondary N) is 2. The van der Waals surface area contributed by atoms with E-state index in [1.807, 2.05) is 72.9 Å². The molecule has 0 unspecified atom stereocenters. The van der Waals surface area contributed by atoms with Crippen LogP contribution < -0.4 is 15.4 Å². The molecule has 0 aliphatic heterocycles. The van der Waals surface area contributed by atoms with Crippen LogP contribution in [-0.4, -0.2) is 25.7 Å². The summed E-state index contributed by atoms with van der Waals surface area (Å²) in [5, 5.41) is 10.3. The van der Waals surface area contributed by atoms with E-state index in [1.54, 1.807) is 35.1 Å². The van der Waals surface area contributed by atoms with Gasteiger partial charge in [0.15, 0.2) is 5.82 Å². The standard InChI is InChI=1S/C26H20N6O2/c33-26(22-9-4-5-10-23(22)34-21-7-2-1-3-8-21)31-20-13-11-19(12-14-20)30-24-17-25(28-18-27-24)32-16-6-15-29-32/h1-18H,(H,31,33)(H,27,28,30). The van der Waals surface area contributed by atoms with Gasteiger partial charge in [0.25, 0.3) is 5.91 Å². The van der Waals surface area contributed by atoms with Crippen molar-refractivity contribution in [3.05, 3.63) is 115 Å². The van der Waals surface area contributed by atoms with Crippen molar-refractivity contribution >= 4 is 23.1 Å². The number of carbonyl (C=O) groups is 1. The van der Waals surface area contributed by atoms with Crippen molar-refractivity contribution in [3.63, 3.8) is 0 Å². The molecule has 8 heteroatoms. The number of aromatic nitrogens is 4. The molecule has 5 aromatic rings. The normalized spacial score (nSPS) is 10.5. The first-order chi connectivity index (χ1) is 16.7. The van der Waals surface area contributed by atoms with Crippen molar-refractivity contribution in [1.29, 1.82) is 0 Å². The molecule has 166 valence electrons. The number of para-hydroxylation sites is 2. The third-order valence-electron chi connectivity index (χ3n) is 4.91. The molecule has 34 heavy (non-hydrogen) atoms. The summed E-state index contributed by atoms with van der Waals surface area (Å²) in [5.74, 6) is 2.18. The van der Waals surface area contributed by atoms with E-state index in [4.69, 9.17) is 4.74 Å². The molecule has 0 atom stereocenters. The number of carbonyl (C=O) groups excluding carboxylic acids is 1. The molecule has 0 aliphatic carbocycles. The highest BCUT2D eigenvalue weighted by Crippen LogP contribution is 2.26. The highest BCUT2D eigenvalue weighted by atomic mass is 16.5. The number of nitrogens with zero attached hydrogens (tertiary/aromatic N) is 4. The topological polar surface area (TPSA) is 94.0 Å². The minimum atomic E-state index is -0.257. The number of benzene rings is 3. The molecule has 5 rings (SSSR count). The Kier molecular flexibility index (Phi) is 5.94. The monoisotopic (exact) mass is 448 g/mol. The summed E-state index contributed by atoms with van der Waals surface area (Å²) in [4.78, 5) is 21.4. The molecular formula is C26H20N6O2. The van der Waals surface area contributed by atoms with Gasteiger partial charge in [-0.3, -0.25) is 4.79 Å². The Morgan fingerprint density at radius 3 is 2.38 bits per heavy atom. The molecule has 8 nitrogen and oxygen atoms in total. The van der Waals surface area contributed by atoms with Crippen molar-refractivity contribution in [2.75, 3.05) is 10.6 Å². The van der Waals surface area contributed by atoms with Crippen molar-refractivity contribution < 1.29 is 9.53 Å². The fourth-order valence-electron chi connectivity index (χ4n) is 3.29. The van der Waals surface area contributed by atoms with Gasteiger partial charge in [0.2, 0.25) is 0 Å². The lowest BCUT2D eigenvalue weighted by molar-refractivity contribution is 0.102. The highest BCUT2D eigenvalue weighted by Gasteiger charge is 2.13. The van der Waals surface area contributed by atoms with Crippen LogP contribution in [0.4, 0.5) is 17.2 Å². The molecule has 1 amide bonds. The first-order valence-electron chi connectivity index (χ1n) is 10.6. The lowest BCUT2D eigenvalue weighted by atomic mass is 10.1. The van der Waals surface area contributed by atoms with Crippen LogP contribution in [0, 0.1) is 0 Å². The number of amides is 1. The van der Waals surface area contributed by atoms with E-state index in [1.165, 1.54) is 6.33 Å². The summed E-state index contributed by atoms with van der Waals surface area (Å²) in [7, 11) is 0. The number of anilines is 3. The smallest absolute Gasteiger partial charge is 0.259 e. The van der Waals surface area contributed by atoms with Crippen molar-refractivity contribution in [3.8, 4) is 17.3 Å². The predicted molar refractivity (Wildman–Crippen MR) is 130 cm³/mol. The van der Waals surface area contributed by atoms with Gasteiger partial charge in [-0.1, -0.05) is 30.3 Å². The maximum atomic E-state index is 12.9. The molecule has 0 saturated carbocycles. The molecule has 2 aromatic heterocycles. The lowest BCUT2D eigenvalue weighted by Gasteiger charge is -2.12. The lowest BCUT2D eigenvalue weighted by Crippen LogP contribution is -2.13. The van der Waals surface area contributed by atoms with Gasteiger partial charge in [-0.05, 0) is 54.6 Å². The minimum Gasteiger partial charge on any atom is -0.457 e. The van der Waals surface area contributed by atoms with Crippen LogP contribution in [0.3, 0.4) is 0 Å². The van der Waals surface area contributed by atoms with E-state index in [0.717, 1.165) is 5.69 Å². The van der Waals surface area contributed by atoms with Gasteiger partial charge in [0, 0.05) is 29.8 Å². The second-order valence-corrected chi connectivity index (χ2v) is 7.28. The van der Waals surface area contributed by atoms with E-state index in [0.29, 0.717) is 34.4 Å². The number of hydrogen-bond acceptors (Lipinski definition) is 6. The zero-order valence-electron chi connectivity index (χ0n) is 18.0. The average Bonchev–Trinajstić information content (AvgIpc) is 3.42. The molecule has 2 N–H and O–H groups in total. The third-order valence-corrected chi connectivity index (χ3v) is 4.91. The maximum Gasteiger partial charge on any atom is 0.259 e. The van der Waals surface area contributed by atoms with Crippen LogP contribution in [0.1, 0.15) is 10.4 Å². The Morgan fingerprint density at radius 2 is 1.59 bits per heavy atom. The van der Waals surface area contributed by atoms with Gasteiger partial charge < -0.3 is 15.4 Å². The second kappa shape index (κ2) is 9.66. The number of ether oxygens (including phenoxy) is 1. The van der Waals surface area contributed by atoms with Gasteiger partial charge in [0.05, 0.1) is 5.56 Å². The van der Waals surface area contributed by atoms with Gasteiger partial charge in [-0.15, -0.1) is 0 Å². The van der Waals surface area contributed by atoms with Gasteiger partial charge in [-0.25, -0.2) is 14.6 Å². The zero-order chi connectivity index (χ0) is 23.2. The molecule has 0 aliphatic rings. The molecule has 2 heterocycles. The first kappa shape index (κ1) is 20.9. The van der Waals surface area contributed by atoms with Crippen LogP contribution in [0.5, 0.6) is 11.5 Å². The number of hydrogen-bond donors (Lipinski definition) is 2. The Morgan fingerprint density at radius 1 is 0.824 bits per heavy atom. The fraction of sp³-hybridized carbons (Fsp3) is 0. The predicted octanol–water partition coefficient (Wildman–Crippen LogP) is 5.45. The van der Waals surface area contributed by atoms with Crippen molar-refractivity contribution in [1.82, 2.24) is 19.7 Å². The Balaban J connectivity index is 1.26. The van der Waals surface area contributed by atoms with Gasteiger partial charge in [-0.2, -0.15) is 5.10 Å². The molecule has 0 spiro atoms. The molecule has 0 radical (unpaired) electrons. The van der Waals surface area contributed by atoms with Crippen molar-refractivity contribution in [2.45, 2.75) is 0 Å². The molecule has 0 bridgehead atoms. The fourth-order valence-corrected chi connectivity index (χ4v) is 3.29. The summed E-state index contributed by atoms with van der Waals surface area (Å²) in [6, 6.07) is 27.5. The van der Waals surface area contributed by atoms with Crippen LogP contribution >= 0.6 is 0 Å². The third kappa shape index (κ3) is 4.91. The molecular weight excluding hydrogens is 428 g/mol. The van der Waals surface area contributed by atoms with Crippen LogP contribution in [-0.2, 0) is 0 Å². The quantitative estimate of drug-likeness (QED) is 0.344. The second-order valence-electron chi connectivity index (χ2n) is 7.28. The largest absolute Gasteiger partial charge is 0.457 e. The molecule has 3 aromatic carbocycles. The van der Waals surface area contributed by atoms with Gasteiger partial charge >= 0.3 is 0 Å². The Hall–Kier alpha value is -4.98. The van der Waals surface area contributed by atoms with E-state index >= 15 is 0 Å². The Bertz CT molecular complexity index is 1390. The first-order valence-corrected chi connectivity index (χ1v) is 10.6. The summed E-state index contributed by atoms with van der Waals surface area (Å²) >= 11 is 0. The van der Waals surface area contributed by atoms with Crippen LogP contribution in [0.2, 0.25) is 0 Å². The van der Waals surface area contributed by atoms with Crippen LogP contribution in [0.25, 0.3) is 5.82 Å².